The number of hydrogen-bond donors (Lipinski definition) is 2. The van der Waals surface area contributed by atoms with Crippen molar-refractivity contribution >= 4 is 23.5 Å². The van der Waals surface area contributed by atoms with Gasteiger partial charge in [-0.2, -0.15) is 5.10 Å². The molecule has 0 fully saturated rings. The summed E-state index contributed by atoms with van der Waals surface area (Å²) in [4.78, 5) is 23.1. The SMILES string of the molecule is O=C(O)CCNC(=O)c1nn(-c2ccc(Cl)cc2)c2c1CCCCC2. The van der Waals surface area contributed by atoms with Gasteiger partial charge in [0.05, 0.1) is 12.1 Å². The minimum atomic E-state index is -0.939. The number of halogens is 1. The second-order valence-electron chi connectivity index (χ2n) is 6.12. The minimum Gasteiger partial charge on any atom is -0.481 e. The molecule has 1 aromatic carbocycles. The van der Waals surface area contributed by atoms with Gasteiger partial charge in [0.15, 0.2) is 5.69 Å². The number of fused-ring (bicyclic) bond motifs is 1. The number of amides is 1. The van der Waals surface area contributed by atoms with E-state index in [2.05, 4.69) is 10.4 Å². The van der Waals surface area contributed by atoms with Crippen molar-refractivity contribution in [3.05, 3.63) is 46.2 Å². The van der Waals surface area contributed by atoms with E-state index in [9.17, 15) is 9.59 Å². The highest BCUT2D eigenvalue weighted by molar-refractivity contribution is 6.30. The van der Waals surface area contributed by atoms with Crippen LogP contribution in [0.25, 0.3) is 5.69 Å². The summed E-state index contributed by atoms with van der Waals surface area (Å²) in [6.45, 7) is 0.0940. The van der Waals surface area contributed by atoms with Crippen molar-refractivity contribution < 1.29 is 14.7 Å². The molecule has 0 bridgehead atoms. The van der Waals surface area contributed by atoms with Crippen molar-refractivity contribution in [1.29, 1.82) is 0 Å². The van der Waals surface area contributed by atoms with E-state index in [0.717, 1.165) is 49.0 Å². The van der Waals surface area contributed by atoms with Gasteiger partial charge in [-0.25, -0.2) is 4.68 Å². The molecule has 2 N–H and O–H groups in total. The van der Waals surface area contributed by atoms with E-state index in [-0.39, 0.29) is 18.9 Å². The van der Waals surface area contributed by atoms with Crippen LogP contribution in [0.5, 0.6) is 0 Å². The fourth-order valence-electron chi connectivity index (χ4n) is 3.12. The molecule has 0 aliphatic heterocycles. The first kappa shape index (κ1) is 17.5. The summed E-state index contributed by atoms with van der Waals surface area (Å²) in [5, 5.41) is 16.6. The molecule has 7 heteroatoms. The number of aromatic nitrogens is 2. The molecule has 3 rings (SSSR count). The van der Waals surface area contributed by atoms with Gasteiger partial charge in [0.2, 0.25) is 0 Å². The number of hydrogen-bond acceptors (Lipinski definition) is 3. The molecule has 1 heterocycles. The standard InChI is InChI=1S/C18H20ClN3O3/c19-12-6-8-13(9-7-12)22-15-5-3-1-2-4-14(15)17(21-22)18(25)20-11-10-16(23)24/h6-9H,1-5,10-11H2,(H,20,25)(H,23,24). The molecule has 0 unspecified atom stereocenters. The zero-order valence-electron chi connectivity index (χ0n) is 13.8. The predicted octanol–water partition coefficient (Wildman–Crippen LogP) is 3.00. The lowest BCUT2D eigenvalue weighted by Crippen LogP contribution is -2.27. The lowest BCUT2D eigenvalue weighted by molar-refractivity contribution is -0.136. The molecule has 0 spiro atoms. The minimum absolute atomic E-state index is 0.0940. The Morgan fingerprint density at radius 3 is 2.60 bits per heavy atom. The predicted molar refractivity (Wildman–Crippen MR) is 94.4 cm³/mol. The number of carbonyl (C=O) groups is 2. The third-order valence-corrected chi connectivity index (χ3v) is 4.59. The van der Waals surface area contributed by atoms with Crippen LogP contribution in [0.3, 0.4) is 0 Å². The van der Waals surface area contributed by atoms with E-state index in [1.54, 1.807) is 12.1 Å². The van der Waals surface area contributed by atoms with Crippen LogP contribution in [-0.4, -0.2) is 33.3 Å². The summed E-state index contributed by atoms with van der Waals surface area (Å²) in [5.41, 5.74) is 3.30. The Hall–Kier alpha value is -2.34. The van der Waals surface area contributed by atoms with Crippen LogP contribution in [0.2, 0.25) is 5.02 Å². The van der Waals surface area contributed by atoms with Gasteiger partial charge < -0.3 is 10.4 Å². The molecule has 6 nitrogen and oxygen atoms in total. The van der Waals surface area contributed by atoms with Gasteiger partial charge in [-0.3, -0.25) is 9.59 Å². The van der Waals surface area contributed by atoms with Crippen LogP contribution in [0.4, 0.5) is 0 Å². The van der Waals surface area contributed by atoms with E-state index < -0.39 is 5.97 Å². The van der Waals surface area contributed by atoms with Crippen LogP contribution in [0.1, 0.15) is 47.4 Å². The van der Waals surface area contributed by atoms with Gasteiger partial charge in [-0.05, 0) is 49.9 Å². The number of benzene rings is 1. The third-order valence-electron chi connectivity index (χ3n) is 4.34. The summed E-state index contributed by atoms with van der Waals surface area (Å²) < 4.78 is 1.82. The number of carboxylic acid groups (broad SMARTS) is 1. The quantitative estimate of drug-likeness (QED) is 0.802. The Morgan fingerprint density at radius 1 is 1.16 bits per heavy atom. The second kappa shape index (κ2) is 7.70. The molecular weight excluding hydrogens is 342 g/mol. The molecule has 2 aromatic rings. The molecule has 25 heavy (non-hydrogen) atoms. The van der Waals surface area contributed by atoms with Gasteiger partial charge in [0, 0.05) is 22.8 Å². The third kappa shape index (κ3) is 4.02. The molecule has 0 atom stereocenters. The fourth-order valence-corrected chi connectivity index (χ4v) is 3.25. The van der Waals surface area contributed by atoms with E-state index in [1.807, 2.05) is 16.8 Å². The van der Waals surface area contributed by atoms with Gasteiger partial charge in [-0.1, -0.05) is 18.0 Å². The van der Waals surface area contributed by atoms with Crippen LogP contribution >= 0.6 is 11.6 Å². The number of carbonyl (C=O) groups excluding carboxylic acids is 1. The van der Waals surface area contributed by atoms with Crippen molar-refractivity contribution in [3.63, 3.8) is 0 Å². The summed E-state index contributed by atoms with van der Waals surface area (Å²) in [5.74, 6) is -1.25. The number of aliphatic carboxylic acids is 1. The molecule has 1 aliphatic rings. The number of nitrogens with zero attached hydrogens (tertiary/aromatic N) is 2. The molecule has 0 radical (unpaired) electrons. The van der Waals surface area contributed by atoms with E-state index in [1.165, 1.54) is 0 Å². The van der Waals surface area contributed by atoms with Crippen LogP contribution in [-0.2, 0) is 17.6 Å². The van der Waals surface area contributed by atoms with Crippen molar-refractivity contribution in [2.45, 2.75) is 38.5 Å². The Morgan fingerprint density at radius 2 is 1.88 bits per heavy atom. The van der Waals surface area contributed by atoms with Crippen molar-refractivity contribution in [2.24, 2.45) is 0 Å². The molecule has 1 aromatic heterocycles. The zero-order chi connectivity index (χ0) is 17.8. The second-order valence-corrected chi connectivity index (χ2v) is 6.56. The Balaban J connectivity index is 1.94. The maximum absolute atomic E-state index is 12.5. The van der Waals surface area contributed by atoms with Crippen molar-refractivity contribution in [1.82, 2.24) is 15.1 Å². The smallest absolute Gasteiger partial charge is 0.305 e. The van der Waals surface area contributed by atoms with Gasteiger partial charge >= 0.3 is 5.97 Å². The lowest BCUT2D eigenvalue weighted by Gasteiger charge is -2.07. The topological polar surface area (TPSA) is 84.2 Å². The average Bonchev–Trinajstić information content (AvgIpc) is 2.77. The highest BCUT2D eigenvalue weighted by Gasteiger charge is 2.24. The number of nitrogens with one attached hydrogen (secondary N) is 1. The monoisotopic (exact) mass is 361 g/mol. The normalized spacial score (nSPS) is 13.8. The first-order valence-corrected chi connectivity index (χ1v) is 8.81. The molecule has 1 amide bonds. The number of rotatable bonds is 5. The summed E-state index contributed by atoms with van der Waals surface area (Å²) in [6, 6.07) is 7.36. The van der Waals surface area contributed by atoms with E-state index in [4.69, 9.17) is 16.7 Å². The maximum Gasteiger partial charge on any atom is 0.305 e. The molecular formula is C18H20ClN3O3. The summed E-state index contributed by atoms with van der Waals surface area (Å²) in [6.07, 6.45) is 4.78. The first-order chi connectivity index (χ1) is 12.1. The molecule has 1 aliphatic carbocycles. The molecule has 0 saturated heterocycles. The highest BCUT2D eigenvalue weighted by Crippen LogP contribution is 2.27. The fraction of sp³-hybridized carbons (Fsp3) is 0.389. The zero-order valence-corrected chi connectivity index (χ0v) is 14.6. The Bertz CT molecular complexity index is 784. The highest BCUT2D eigenvalue weighted by atomic mass is 35.5. The Kier molecular flexibility index (Phi) is 5.38. The first-order valence-electron chi connectivity index (χ1n) is 8.43. The molecule has 132 valence electrons. The van der Waals surface area contributed by atoms with Crippen molar-refractivity contribution in [2.75, 3.05) is 6.54 Å². The van der Waals surface area contributed by atoms with Crippen LogP contribution in [0.15, 0.2) is 24.3 Å². The number of carboxylic acids is 1. The van der Waals surface area contributed by atoms with E-state index in [0.29, 0.717) is 10.7 Å². The lowest BCUT2D eigenvalue weighted by atomic mass is 10.1. The van der Waals surface area contributed by atoms with Crippen molar-refractivity contribution in [3.8, 4) is 5.69 Å². The maximum atomic E-state index is 12.5. The largest absolute Gasteiger partial charge is 0.481 e. The summed E-state index contributed by atoms with van der Waals surface area (Å²) in [7, 11) is 0. The average molecular weight is 362 g/mol. The molecule has 0 saturated carbocycles. The van der Waals surface area contributed by atoms with Crippen LogP contribution < -0.4 is 5.32 Å². The van der Waals surface area contributed by atoms with Gasteiger partial charge in [-0.15, -0.1) is 0 Å². The van der Waals surface area contributed by atoms with Gasteiger partial charge in [0.1, 0.15) is 0 Å². The van der Waals surface area contributed by atoms with Gasteiger partial charge in [0.25, 0.3) is 5.91 Å². The summed E-state index contributed by atoms with van der Waals surface area (Å²) >= 11 is 5.97. The van der Waals surface area contributed by atoms with E-state index >= 15 is 0 Å². The van der Waals surface area contributed by atoms with Crippen LogP contribution in [0, 0.1) is 0 Å². The Labute approximate surface area is 150 Å².